The third kappa shape index (κ3) is 6.04. The van der Waals surface area contributed by atoms with Crippen molar-refractivity contribution in [1.82, 2.24) is 20.4 Å². The van der Waals surface area contributed by atoms with Gasteiger partial charge in [-0.2, -0.15) is 5.10 Å². The number of ether oxygens (including phenoxy) is 1. The highest BCUT2D eigenvalue weighted by molar-refractivity contribution is 5.85. The number of methoxy groups -OCH3 is 1. The second-order valence-electron chi connectivity index (χ2n) is 4.30. The molecule has 0 aromatic carbocycles. The van der Waals surface area contributed by atoms with Crippen molar-refractivity contribution in [2.24, 2.45) is 7.05 Å². The molecule has 6 nitrogen and oxygen atoms in total. The van der Waals surface area contributed by atoms with Gasteiger partial charge in [-0.25, -0.2) is 0 Å². The number of hydrogen-bond donors (Lipinski definition) is 2. The molecular weight excluding hydrogens is 268 g/mol. The van der Waals surface area contributed by atoms with E-state index in [1.807, 2.05) is 27.1 Å². The van der Waals surface area contributed by atoms with Gasteiger partial charge in [0, 0.05) is 32.5 Å². The number of carbonyl (C=O) groups excluding carboxylic acids is 1. The molecule has 0 saturated heterocycles. The van der Waals surface area contributed by atoms with Crippen molar-refractivity contribution < 1.29 is 9.53 Å². The number of nitrogens with one attached hydrogen (secondary N) is 2. The third-order valence-electron chi connectivity index (χ3n) is 2.66. The van der Waals surface area contributed by atoms with E-state index in [2.05, 4.69) is 15.7 Å². The van der Waals surface area contributed by atoms with E-state index in [1.54, 1.807) is 11.8 Å². The molecule has 110 valence electrons. The molecule has 0 fully saturated rings. The van der Waals surface area contributed by atoms with E-state index in [4.69, 9.17) is 4.74 Å². The van der Waals surface area contributed by atoms with Gasteiger partial charge in [-0.05, 0) is 13.8 Å². The van der Waals surface area contributed by atoms with Crippen LogP contribution in [-0.4, -0.2) is 42.5 Å². The summed E-state index contributed by atoms with van der Waals surface area (Å²) in [5.41, 5.74) is 1.99. The van der Waals surface area contributed by atoms with Crippen molar-refractivity contribution >= 4 is 18.3 Å². The predicted octanol–water partition coefficient (Wildman–Crippen LogP) is 0.564. The van der Waals surface area contributed by atoms with Gasteiger partial charge in [0.05, 0.1) is 24.9 Å². The number of rotatable bonds is 7. The number of amides is 1. The maximum Gasteiger partial charge on any atom is 0.234 e. The minimum absolute atomic E-state index is 0. The lowest BCUT2D eigenvalue weighted by molar-refractivity contribution is -0.120. The molecule has 0 aliphatic rings. The summed E-state index contributed by atoms with van der Waals surface area (Å²) in [4.78, 5) is 11.7. The zero-order chi connectivity index (χ0) is 13.5. The number of carbonyl (C=O) groups is 1. The Bertz CT molecular complexity index is 395. The number of nitrogens with zero attached hydrogens (tertiary/aromatic N) is 2. The summed E-state index contributed by atoms with van der Waals surface area (Å²) < 4.78 is 6.64. The molecule has 0 aliphatic heterocycles. The van der Waals surface area contributed by atoms with E-state index < -0.39 is 0 Å². The molecule has 19 heavy (non-hydrogen) atoms. The number of aryl methyl sites for hydroxylation is 2. The SMILES string of the molecule is COCCNCC(=O)NC(C)c1cn(C)nc1C.Cl. The zero-order valence-electron chi connectivity index (χ0n) is 11.9. The second-order valence-corrected chi connectivity index (χ2v) is 4.30. The van der Waals surface area contributed by atoms with Crippen LogP contribution in [0.4, 0.5) is 0 Å². The van der Waals surface area contributed by atoms with Gasteiger partial charge in [0.15, 0.2) is 0 Å². The highest BCUT2D eigenvalue weighted by atomic mass is 35.5. The summed E-state index contributed by atoms with van der Waals surface area (Å²) in [5.74, 6) is -0.0261. The minimum Gasteiger partial charge on any atom is -0.383 e. The molecule has 7 heteroatoms. The fourth-order valence-electron chi connectivity index (χ4n) is 1.79. The number of halogens is 1. The van der Waals surface area contributed by atoms with Gasteiger partial charge in [0.25, 0.3) is 0 Å². The van der Waals surface area contributed by atoms with E-state index in [0.29, 0.717) is 19.7 Å². The Balaban J connectivity index is 0.00000324. The summed E-state index contributed by atoms with van der Waals surface area (Å²) in [5, 5.41) is 10.2. The average Bonchev–Trinajstić information content (AvgIpc) is 2.64. The van der Waals surface area contributed by atoms with Crippen LogP contribution in [0.3, 0.4) is 0 Å². The zero-order valence-corrected chi connectivity index (χ0v) is 12.7. The van der Waals surface area contributed by atoms with Gasteiger partial charge in [0.2, 0.25) is 5.91 Å². The molecule has 1 atom stereocenters. The first-order valence-corrected chi connectivity index (χ1v) is 6.03. The molecule has 0 radical (unpaired) electrons. The van der Waals surface area contributed by atoms with Crippen LogP contribution in [0.15, 0.2) is 6.20 Å². The highest BCUT2D eigenvalue weighted by Gasteiger charge is 2.13. The fourth-order valence-corrected chi connectivity index (χ4v) is 1.79. The van der Waals surface area contributed by atoms with E-state index >= 15 is 0 Å². The first kappa shape index (κ1) is 17.9. The van der Waals surface area contributed by atoms with Gasteiger partial charge >= 0.3 is 0 Å². The summed E-state index contributed by atoms with van der Waals surface area (Å²) >= 11 is 0. The molecule has 1 rings (SSSR count). The van der Waals surface area contributed by atoms with Gasteiger partial charge in [-0.3, -0.25) is 9.48 Å². The molecule has 1 aromatic rings. The van der Waals surface area contributed by atoms with Crippen molar-refractivity contribution in [3.05, 3.63) is 17.5 Å². The molecule has 1 aromatic heterocycles. The number of hydrogen-bond acceptors (Lipinski definition) is 4. The normalized spacial score (nSPS) is 11.8. The molecule has 0 aliphatic carbocycles. The van der Waals surface area contributed by atoms with Crippen LogP contribution < -0.4 is 10.6 Å². The first-order valence-electron chi connectivity index (χ1n) is 6.03. The van der Waals surface area contributed by atoms with Crippen molar-refractivity contribution in [3.8, 4) is 0 Å². The van der Waals surface area contributed by atoms with Crippen LogP contribution in [0.25, 0.3) is 0 Å². The van der Waals surface area contributed by atoms with Crippen LogP contribution in [0, 0.1) is 6.92 Å². The molecule has 1 amide bonds. The summed E-state index contributed by atoms with van der Waals surface area (Å²) in [7, 11) is 3.51. The van der Waals surface area contributed by atoms with Crippen molar-refractivity contribution in [1.29, 1.82) is 0 Å². The smallest absolute Gasteiger partial charge is 0.234 e. The summed E-state index contributed by atoms with van der Waals surface area (Å²) in [6.45, 7) is 5.47. The maximum atomic E-state index is 11.7. The molecular formula is C12H23ClN4O2. The Hall–Kier alpha value is -1.11. The van der Waals surface area contributed by atoms with Crippen molar-refractivity contribution in [2.75, 3.05) is 26.8 Å². The molecule has 0 bridgehead atoms. The molecule has 0 spiro atoms. The quantitative estimate of drug-likeness (QED) is 0.720. The Labute approximate surface area is 120 Å². The maximum absolute atomic E-state index is 11.7. The Morgan fingerprint density at radius 2 is 2.26 bits per heavy atom. The Kier molecular flexibility index (Phi) is 8.38. The highest BCUT2D eigenvalue weighted by Crippen LogP contribution is 2.14. The van der Waals surface area contributed by atoms with Gasteiger partial charge in [-0.1, -0.05) is 0 Å². The summed E-state index contributed by atoms with van der Waals surface area (Å²) in [6, 6.07) is -0.0320. The van der Waals surface area contributed by atoms with Gasteiger partial charge in [0.1, 0.15) is 0 Å². The first-order chi connectivity index (χ1) is 8.54. The second kappa shape index (κ2) is 8.90. The van der Waals surface area contributed by atoms with E-state index in [9.17, 15) is 4.79 Å². The molecule has 1 heterocycles. The lowest BCUT2D eigenvalue weighted by Crippen LogP contribution is -2.36. The Morgan fingerprint density at radius 1 is 1.58 bits per heavy atom. The summed E-state index contributed by atoms with van der Waals surface area (Å²) in [6.07, 6.45) is 1.93. The standard InChI is InChI=1S/C12H22N4O2.ClH/c1-9(11-8-16(3)15-10(11)2)14-12(17)7-13-5-6-18-4;/h8-9,13H,5-7H2,1-4H3,(H,14,17);1H. The van der Waals surface area contributed by atoms with Gasteiger partial charge in [-0.15, -0.1) is 12.4 Å². The van der Waals surface area contributed by atoms with Crippen molar-refractivity contribution in [3.63, 3.8) is 0 Å². The van der Waals surface area contributed by atoms with Crippen LogP contribution in [0.1, 0.15) is 24.2 Å². The van der Waals surface area contributed by atoms with Crippen LogP contribution >= 0.6 is 12.4 Å². The molecule has 1 unspecified atom stereocenters. The largest absolute Gasteiger partial charge is 0.383 e. The minimum atomic E-state index is -0.0320. The fraction of sp³-hybridized carbons (Fsp3) is 0.667. The predicted molar refractivity (Wildman–Crippen MR) is 76.5 cm³/mol. The van der Waals surface area contributed by atoms with Crippen LogP contribution in [0.2, 0.25) is 0 Å². The average molecular weight is 291 g/mol. The van der Waals surface area contributed by atoms with E-state index in [-0.39, 0.29) is 24.4 Å². The Morgan fingerprint density at radius 3 is 2.79 bits per heavy atom. The lowest BCUT2D eigenvalue weighted by atomic mass is 10.1. The third-order valence-corrected chi connectivity index (χ3v) is 2.66. The van der Waals surface area contributed by atoms with E-state index in [1.165, 1.54) is 0 Å². The monoisotopic (exact) mass is 290 g/mol. The van der Waals surface area contributed by atoms with E-state index in [0.717, 1.165) is 11.3 Å². The molecule has 0 saturated carbocycles. The number of aromatic nitrogens is 2. The lowest BCUT2D eigenvalue weighted by Gasteiger charge is -2.13. The van der Waals surface area contributed by atoms with Gasteiger partial charge < -0.3 is 15.4 Å². The topological polar surface area (TPSA) is 68.2 Å². The molecule has 2 N–H and O–H groups in total. The van der Waals surface area contributed by atoms with Crippen LogP contribution in [0.5, 0.6) is 0 Å². The van der Waals surface area contributed by atoms with Crippen molar-refractivity contribution in [2.45, 2.75) is 19.9 Å². The van der Waals surface area contributed by atoms with Crippen LogP contribution in [-0.2, 0) is 16.6 Å².